The molecule has 0 bridgehead atoms. The molecule has 0 aliphatic carbocycles. The van der Waals surface area contributed by atoms with Crippen LogP contribution in [0.25, 0.3) is 0 Å². The number of allylic oxidation sites excluding steroid dienone is 1. The fourth-order valence-corrected chi connectivity index (χ4v) is 0.784. The molecular weight excluding hydrogens is 274 g/mol. The fraction of sp³-hybridized carbons (Fsp3) is 0.625. The van der Waals surface area contributed by atoms with Crippen molar-refractivity contribution < 1.29 is 45.7 Å². The first-order valence-electron chi connectivity index (χ1n) is 4.22. The number of aliphatic hydroxyl groups is 1. The maximum atomic E-state index is 12.0. The molecule has 0 saturated carbocycles. The van der Waals surface area contributed by atoms with Gasteiger partial charge in [0, 0.05) is 0 Å². The highest BCUT2D eigenvalue weighted by atomic mass is 19.4. The van der Waals surface area contributed by atoms with Crippen molar-refractivity contribution in [3.8, 4) is 0 Å². The topological polar surface area (TPSA) is 55.8 Å². The third-order valence-corrected chi connectivity index (χ3v) is 1.56. The lowest BCUT2D eigenvalue weighted by Gasteiger charge is -2.15. The van der Waals surface area contributed by atoms with Gasteiger partial charge in [-0.25, -0.2) is 4.79 Å². The summed E-state index contributed by atoms with van der Waals surface area (Å²) in [6, 6.07) is 0. The van der Waals surface area contributed by atoms with Crippen LogP contribution < -0.4 is 0 Å². The number of rotatable bonds is 4. The summed E-state index contributed by atoms with van der Waals surface area (Å²) in [5.41, 5.74) is -2.79. The van der Waals surface area contributed by atoms with Crippen LogP contribution in [0.5, 0.6) is 0 Å². The highest BCUT2D eigenvalue weighted by Crippen LogP contribution is 2.38. The summed E-state index contributed by atoms with van der Waals surface area (Å²) < 4.78 is 79.7. The second-order valence-electron chi connectivity index (χ2n) is 2.82. The minimum atomic E-state index is -5.61. The molecule has 0 aliphatic rings. The molecule has 1 unspecified atom stereocenters. The van der Waals surface area contributed by atoms with Crippen LogP contribution >= 0.6 is 0 Å². The van der Waals surface area contributed by atoms with E-state index in [2.05, 4.69) is 9.47 Å². The maximum absolute atomic E-state index is 12.0. The second kappa shape index (κ2) is 6.05. The molecule has 18 heavy (non-hydrogen) atoms. The molecule has 0 spiro atoms. The van der Waals surface area contributed by atoms with Gasteiger partial charge in [0.2, 0.25) is 0 Å². The second-order valence-corrected chi connectivity index (χ2v) is 2.82. The number of carbonyl (C=O) groups excluding carboxylic acids is 1. The van der Waals surface area contributed by atoms with Gasteiger partial charge in [0.1, 0.15) is 5.57 Å². The monoisotopic (exact) mass is 282 g/mol. The number of halogens is 6. The third kappa shape index (κ3) is 5.36. The number of aliphatic hydroxyl groups excluding tert-OH is 1. The van der Waals surface area contributed by atoms with Crippen LogP contribution in [0.1, 0.15) is 0 Å². The molecular formula is C8H8F6O4. The summed E-state index contributed by atoms with van der Waals surface area (Å²) in [5.74, 6) is -1.34. The molecule has 0 amide bonds. The lowest BCUT2D eigenvalue weighted by atomic mass is 10.2. The van der Waals surface area contributed by atoms with E-state index in [1.807, 2.05) is 0 Å². The van der Waals surface area contributed by atoms with Gasteiger partial charge in [0.05, 0.1) is 13.7 Å². The minimum Gasteiger partial charge on any atom is -0.465 e. The molecule has 10 heteroatoms. The molecule has 0 aliphatic heterocycles. The van der Waals surface area contributed by atoms with Gasteiger partial charge in [-0.15, -0.1) is 0 Å². The lowest BCUT2D eigenvalue weighted by molar-refractivity contribution is -0.180. The number of alkyl halides is 6. The molecule has 0 saturated heterocycles. The number of hydrogen-bond donors (Lipinski definition) is 1. The Balaban J connectivity index is 4.68. The number of esters is 1. The van der Waals surface area contributed by atoms with Gasteiger partial charge < -0.3 is 14.6 Å². The van der Waals surface area contributed by atoms with Crippen LogP contribution in [0.2, 0.25) is 0 Å². The number of carbonyl (C=O) groups is 1. The first-order valence-corrected chi connectivity index (χ1v) is 4.22. The average molecular weight is 282 g/mol. The molecule has 4 nitrogen and oxygen atoms in total. The predicted molar refractivity (Wildman–Crippen MR) is 44.2 cm³/mol. The average Bonchev–Trinajstić information content (AvgIpc) is 2.19. The van der Waals surface area contributed by atoms with Gasteiger partial charge in [0.25, 0.3) is 6.29 Å². The smallest absolute Gasteiger partial charge is 0.421 e. The molecule has 0 heterocycles. The first-order chi connectivity index (χ1) is 8.00. The standard InChI is InChI=1S/C8H8F6O4/c1-17-5(15)6(16)18-3-2-4(7(9,10)11)8(12,13)14/h2,6,16H,3H2,1H3. The maximum Gasteiger partial charge on any atom is 0.421 e. The minimum absolute atomic E-state index is 0.327. The van der Waals surface area contributed by atoms with Crippen LogP contribution in [-0.2, 0) is 14.3 Å². The third-order valence-electron chi connectivity index (χ3n) is 1.56. The summed E-state index contributed by atoms with van der Waals surface area (Å²) in [4.78, 5) is 10.5. The molecule has 106 valence electrons. The van der Waals surface area contributed by atoms with E-state index in [-0.39, 0.29) is 6.08 Å². The van der Waals surface area contributed by atoms with E-state index in [9.17, 15) is 31.1 Å². The van der Waals surface area contributed by atoms with Crippen molar-refractivity contribution >= 4 is 5.97 Å². The van der Waals surface area contributed by atoms with Crippen molar-refractivity contribution in [1.29, 1.82) is 0 Å². The fourth-order valence-electron chi connectivity index (χ4n) is 0.784. The van der Waals surface area contributed by atoms with Gasteiger partial charge in [-0.3, -0.25) is 0 Å². The largest absolute Gasteiger partial charge is 0.465 e. The Labute approximate surface area is 96.8 Å². The highest BCUT2D eigenvalue weighted by Gasteiger charge is 2.50. The molecule has 0 radical (unpaired) electrons. The summed E-state index contributed by atoms with van der Waals surface area (Å²) >= 11 is 0. The van der Waals surface area contributed by atoms with E-state index < -0.39 is 36.8 Å². The summed E-state index contributed by atoms with van der Waals surface area (Å²) in [5, 5.41) is 8.75. The summed E-state index contributed by atoms with van der Waals surface area (Å²) in [6.45, 7) is -1.26. The zero-order chi connectivity index (χ0) is 14.6. The van der Waals surface area contributed by atoms with E-state index in [0.717, 1.165) is 7.11 Å². The molecule has 0 aromatic carbocycles. The van der Waals surface area contributed by atoms with Gasteiger partial charge in [-0.1, -0.05) is 0 Å². The van der Waals surface area contributed by atoms with Crippen LogP contribution in [-0.4, -0.2) is 43.4 Å². The highest BCUT2D eigenvalue weighted by molar-refractivity contribution is 5.72. The van der Waals surface area contributed by atoms with Crippen molar-refractivity contribution in [2.45, 2.75) is 18.6 Å². The van der Waals surface area contributed by atoms with Crippen LogP contribution in [0.15, 0.2) is 11.6 Å². The van der Waals surface area contributed by atoms with Crippen molar-refractivity contribution in [3.63, 3.8) is 0 Å². The molecule has 1 atom stereocenters. The van der Waals surface area contributed by atoms with E-state index >= 15 is 0 Å². The van der Waals surface area contributed by atoms with E-state index in [0.29, 0.717) is 0 Å². The Morgan fingerprint density at radius 2 is 1.67 bits per heavy atom. The van der Waals surface area contributed by atoms with E-state index in [1.54, 1.807) is 0 Å². The van der Waals surface area contributed by atoms with Crippen LogP contribution in [0.4, 0.5) is 26.3 Å². The number of ether oxygens (including phenoxy) is 2. The molecule has 0 aromatic heterocycles. The predicted octanol–water partition coefficient (Wildman–Crippen LogP) is 1.55. The van der Waals surface area contributed by atoms with E-state index in [4.69, 9.17) is 5.11 Å². The molecule has 0 rings (SSSR count). The van der Waals surface area contributed by atoms with Gasteiger partial charge in [-0.05, 0) is 6.08 Å². The normalized spacial score (nSPS) is 14.0. The van der Waals surface area contributed by atoms with Crippen molar-refractivity contribution in [2.24, 2.45) is 0 Å². The molecule has 0 fully saturated rings. The lowest BCUT2D eigenvalue weighted by Crippen LogP contribution is -2.28. The van der Waals surface area contributed by atoms with Gasteiger partial charge >= 0.3 is 18.3 Å². The molecule has 0 aromatic rings. The Hall–Kier alpha value is -1.29. The zero-order valence-electron chi connectivity index (χ0n) is 8.80. The van der Waals surface area contributed by atoms with Gasteiger partial charge in [-0.2, -0.15) is 26.3 Å². The summed E-state index contributed by atoms with van der Waals surface area (Å²) in [6.07, 6.45) is -13.8. The number of methoxy groups -OCH3 is 1. The van der Waals surface area contributed by atoms with Crippen LogP contribution in [0, 0.1) is 0 Å². The number of hydrogen-bond acceptors (Lipinski definition) is 4. The van der Waals surface area contributed by atoms with Crippen molar-refractivity contribution in [1.82, 2.24) is 0 Å². The Morgan fingerprint density at radius 1 is 1.22 bits per heavy atom. The van der Waals surface area contributed by atoms with Gasteiger partial charge in [0.15, 0.2) is 0 Å². The zero-order valence-corrected chi connectivity index (χ0v) is 8.80. The quantitative estimate of drug-likeness (QED) is 0.368. The van der Waals surface area contributed by atoms with Crippen molar-refractivity contribution in [2.75, 3.05) is 13.7 Å². The Kier molecular flexibility index (Phi) is 5.61. The Bertz CT molecular complexity index is 303. The van der Waals surface area contributed by atoms with Crippen molar-refractivity contribution in [3.05, 3.63) is 11.6 Å². The van der Waals surface area contributed by atoms with E-state index in [1.165, 1.54) is 0 Å². The van der Waals surface area contributed by atoms with Crippen LogP contribution in [0.3, 0.4) is 0 Å². The SMILES string of the molecule is COC(=O)C(O)OCC=C(C(F)(F)F)C(F)(F)F. The Morgan fingerprint density at radius 3 is 2.00 bits per heavy atom. The first kappa shape index (κ1) is 16.7. The molecule has 1 N–H and O–H groups in total. The summed E-state index contributed by atoms with van der Waals surface area (Å²) in [7, 11) is 0.849.